The SMILES string of the molecule is NCCNS(=O)(=O)c1ccc(C2C[C@H]2C(=O)Cc2ccc3cncc(F)c3c2)cc1. The lowest BCUT2D eigenvalue weighted by Gasteiger charge is -2.07. The summed E-state index contributed by atoms with van der Waals surface area (Å²) in [5.74, 6) is -0.300. The van der Waals surface area contributed by atoms with Crippen molar-refractivity contribution in [1.82, 2.24) is 9.71 Å². The number of halogens is 1. The zero-order chi connectivity index (χ0) is 21.3. The van der Waals surface area contributed by atoms with Gasteiger partial charge >= 0.3 is 0 Å². The summed E-state index contributed by atoms with van der Waals surface area (Å²) in [6, 6.07) is 11.9. The Kier molecular flexibility index (Phi) is 5.64. The lowest BCUT2D eigenvalue weighted by Crippen LogP contribution is -2.29. The summed E-state index contributed by atoms with van der Waals surface area (Å²) in [4.78, 5) is 16.7. The Bertz CT molecular complexity index is 1200. The molecule has 1 aliphatic rings. The van der Waals surface area contributed by atoms with Gasteiger partial charge in [-0.25, -0.2) is 17.5 Å². The second-order valence-corrected chi connectivity index (χ2v) is 9.29. The monoisotopic (exact) mass is 427 g/mol. The molecule has 0 amide bonds. The molecule has 1 aromatic heterocycles. The molecule has 0 aliphatic heterocycles. The molecular formula is C22H22FN3O3S. The van der Waals surface area contributed by atoms with E-state index >= 15 is 0 Å². The predicted molar refractivity (Wildman–Crippen MR) is 112 cm³/mol. The molecule has 3 aromatic rings. The molecule has 0 radical (unpaired) electrons. The Morgan fingerprint density at radius 1 is 1.17 bits per heavy atom. The molecule has 6 nitrogen and oxygen atoms in total. The zero-order valence-electron chi connectivity index (χ0n) is 16.2. The largest absolute Gasteiger partial charge is 0.329 e. The van der Waals surface area contributed by atoms with Crippen molar-refractivity contribution < 1.29 is 17.6 Å². The van der Waals surface area contributed by atoms with E-state index in [9.17, 15) is 17.6 Å². The van der Waals surface area contributed by atoms with Gasteiger partial charge in [-0.2, -0.15) is 0 Å². The molecule has 1 heterocycles. The quantitative estimate of drug-likeness (QED) is 0.575. The van der Waals surface area contributed by atoms with Gasteiger partial charge in [-0.15, -0.1) is 0 Å². The predicted octanol–water partition coefficient (Wildman–Crippen LogP) is 2.53. The van der Waals surface area contributed by atoms with Gasteiger partial charge in [0.15, 0.2) is 0 Å². The Balaban J connectivity index is 1.42. The van der Waals surface area contributed by atoms with E-state index in [1.807, 2.05) is 6.07 Å². The van der Waals surface area contributed by atoms with E-state index in [1.54, 1.807) is 42.6 Å². The number of benzene rings is 2. The van der Waals surface area contributed by atoms with Crippen molar-refractivity contribution >= 4 is 26.6 Å². The minimum Gasteiger partial charge on any atom is -0.329 e. The van der Waals surface area contributed by atoms with Gasteiger partial charge in [0.2, 0.25) is 10.0 Å². The van der Waals surface area contributed by atoms with Gasteiger partial charge in [-0.1, -0.05) is 24.3 Å². The third-order valence-corrected chi connectivity index (χ3v) is 6.89. The highest BCUT2D eigenvalue weighted by Gasteiger charge is 2.43. The van der Waals surface area contributed by atoms with Gasteiger partial charge in [0.05, 0.1) is 11.1 Å². The first kappa shape index (κ1) is 20.6. The van der Waals surface area contributed by atoms with Crippen LogP contribution in [0.2, 0.25) is 0 Å². The molecule has 2 atom stereocenters. The minimum absolute atomic E-state index is 0.0904. The summed E-state index contributed by atoms with van der Waals surface area (Å²) in [5.41, 5.74) is 7.06. The van der Waals surface area contributed by atoms with Crippen LogP contribution in [0.3, 0.4) is 0 Å². The van der Waals surface area contributed by atoms with Crippen molar-refractivity contribution in [3.63, 3.8) is 0 Å². The van der Waals surface area contributed by atoms with Crippen molar-refractivity contribution in [3.8, 4) is 0 Å². The summed E-state index contributed by atoms with van der Waals surface area (Å²) in [6.07, 6.45) is 3.74. The molecule has 3 N–H and O–H groups in total. The van der Waals surface area contributed by atoms with Crippen LogP contribution in [0.5, 0.6) is 0 Å². The first-order valence-corrected chi connectivity index (χ1v) is 11.2. The molecule has 1 saturated carbocycles. The molecule has 1 aliphatic carbocycles. The number of sulfonamides is 1. The Labute approximate surface area is 174 Å². The van der Waals surface area contributed by atoms with E-state index in [1.165, 1.54) is 6.20 Å². The number of hydrogen-bond donors (Lipinski definition) is 2. The fourth-order valence-corrected chi connectivity index (χ4v) is 4.76. The van der Waals surface area contributed by atoms with Crippen LogP contribution in [0.25, 0.3) is 10.8 Å². The number of rotatable bonds is 8. The molecular weight excluding hydrogens is 405 g/mol. The highest BCUT2D eigenvalue weighted by atomic mass is 32.2. The van der Waals surface area contributed by atoms with Crippen LogP contribution in [0.4, 0.5) is 4.39 Å². The van der Waals surface area contributed by atoms with E-state index in [-0.39, 0.29) is 42.0 Å². The smallest absolute Gasteiger partial charge is 0.240 e. The number of carbonyl (C=O) groups is 1. The number of pyridine rings is 1. The topological polar surface area (TPSA) is 102 Å². The van der Waals surface area contributed by atoms with Gasteiger partial charge in [0.25, 0.3) is 0 Å². The van der Waals surface area contributed by atoms with Gasteiger partial charge in [-0.05, 0) is 41.7 Å². The molecule has 8 heteroatoms. The molecule has 30 heavy (non-hydrogen) atoms. The van der Waals surface area contributed by atoms with Crippen LogP contribution < -0.4 is 10.5 Å². The third-order valence-electron chi connectivity index (χ3n) is 5.41. The van der Waals surface area contributed by atoms with Crippen LogP contribution >= 0.6 is 0 Å². The number of carbonyl (C=O) groups excluding carboxylic acids is 1. The summed E-state index contributed by atoms with van der Waals surface area (Å²) in [6.45, 7) is 0.405. The summed E-state index contributed by atoms with van der Waals surface area (Å²) < 4.78 is 40.6. The van der Waals surface area contributed by atoms with Gasteiger partial charge < -0.3 is 5.73 Å². The Morgan fingerprint density at radius 2 is 1.93 bits per heavy atom. The highest BCUT2D eigenvalue weighted by molar-refractivity contribution is 7.89. The highest BCUT2D eigenvalue weighted by Crippen LogP contribution is 2.48. The van der Waals surface area contributed by atoms with Crippen molar-refractivity contribution in [2.75, 3.05) is 13.1 Å². The second kappa shape index (κ2) is 8.22. The van der Waals surface area contributed by atoms with Crippen molar-refractivity contribution in [2.45, 2.75) is 23.7 Å². The third kappa shape index (κ3) is 4.26. The van der Waals surface area contributed by atoms with E-state index in [0.717, 1.165) is 17.5 Å². The number of hydrogen-bond acceptors (Lipinski definition) is 5. The molecule has 1 fully saturated rings. The Morgan fingerprint density at radius 3 is 2.67 bits per heavy atom. The minimum atomic E-state index is -3.57. The number of fused-ring (bicyclic) bond motifs is 1. The van der Waals surface area contributed by atoms with E-state index < -0.39 is 15.8 Å². The number of nitrogens with one attached hydrogen (secondary N) is 1. The van der Waals surface area contributed by atoms with Gasteiger partial charge in [-0.3, -0.25) is 9.78 Å². The molecule has 156 valence electrons. The maximum Gasteiger partial charge on any atom is 0.240 e. The number of Topliss-reactive ketones (excluding diaryl/α,β-unsaturated/α-hetero) is 1. The van der Waals surface area contributed by atoms with Gasteiger partial charge in [0, 0.05) is 42.4 Å². The summed E-state index contributed by atoms with van der Waals surface area (Å²) in [5, 5.41) is 1.16. The molecule has 1 unspecified atom stereocenters. The van der Waals surface area contributed by atoms with E-state index in [4.69, 9.17) is 5.73 Å². The number of nitrogens with zero attached hydrogens (tertiary/aromatic N) is 1. The first-order valence-electron chi connectivity index (χ1n) is 9.73. The fraction of sp³-hybridized carbons (Fsp3) is 0.273. The molecule has 4 rings (SSSR count). The lowest BCUT2D eigenvalue weighted by atomic mass is 10.0. The Hall–Kier alpha value is -2.68. The lowest BCUT2D eigenvalue weighted by molar-refractivity contribution is -0.119. The zero-order valence-corrected chi connectivity index (χ0v) is 17.0. The van der Waals surface area contributed by atoms with Crippen LogP contribution in [0.1, 0.15) is 23.5 Å². The van der Waals surface area contributed by atoms with Gasteiger partial charge in [0.1, 0.15) is 11.6 Å². The van der Waals surface area contributed by atoms with Crippen molar-refractivity contribution in [1.29, 1.82) is 0 Å². The van der Waals surface area contributed by atoms with Crippen LogP contribution in [-0.4, -0.2) is 32.3 Å². The second-order valence-electron chi connectivity index (χ2n) is 7.52. The maximum atomic E-state index is 13.9. The first-order chi connectivity index (χ1) is 14.4. The summed E-state index contributed by atoms with van der Waals surface area (Å²) in [7, 11) is -3.57. The van der Waals surface area contributed by atoms with Crippen LogP contribution in [0.15, 0.2) is 59.8 Å². The maximum absolute atomic E-state index is 13.9. The van der Waals surface area contributed by atoms with Crippen molar-refractivity contribution in [3.05, 3.63) is 71.8 Å². The normalized spacial score (nSPS) is 18.5. The molecule has 2 aromatic carbocycles. The summed E-state index contributed by atoms with van der Waals surface area (Å²) >= 11 is 0. The van der Waals surface area contributed by atoms with E-state index in [0.29, 0.717) is 10.8 Å². The number of ketones is 1. The van der Waals surface area contributed by atoms with Crippen LogP contribution in [0, 0.1) is 11.7 Å². The standard InChI is InChI=1S/C22H22FN3O3S/c23-21-13-25-12-16-2-1-14(9-19(16)21)10-22(27)20-11-18(20)15-3-5-17(6-4-15)30(28,29)26-8-7-24/h1-6,9,12-13,18,20,26H,7-8,10-11,24H2/t18?,20-/m1/s1. The van der Waals surface area contributed by atoms with Crippen molar-refractivity contribution in [2.24, 2.45) is 11.7 Å². The van der Waals surface area contributed by atoms with E-state index in [2.05, 4.69) is 9.71 Å². The average molecular weight is 428 g/mol. The average Bonchev–Trinajstić information content (AvgIpc) is 3.54. The number of aromatic nitrogens is 1. The number of nitrogens with two attached hydrogens (primary N) is 1. The molecule has 0 bridgehead atoms. The molecule has 0 spiro atoms. The molecule has 0 saturated heterocycles. The van der Waals surface area contributed by atoms with Crippen LogP contribution in [-0.2, 0) is 21.2 Å². The fourth-order valence-electron chi connectivity index (χ4n) is 3.71.